The summed E-state index contributed by atoms with van der Waals surface area (Å²) in [6.07, 6.45) is 4.55. The number of carbonyl (C=O) groups excluding carboxylic acids is 1. The molecule has 0 saturated carbocycles. The van der Waals surface area contributed by atoms with Crippen molar-refractivity contribution in [1.29, 1.82) is 0 Å². The predicted octanol–water partition coefficient (Wildman–Crippen LogP) is 4.13. The SMILES string of the molecule is C[C@H](NC(=O)CSc1nnc2n1CCCCC2)c1ccc2ccccc2c1. The highest BCUT2D eigenvalue weighted by molar-refractivity contribution is 7.99. The fraction of sp³-hybridized carbons (Fsp3) is 0.381. The van der Waals surface area contributed by atoms with E-state index in [1.54, 1.807) is 0 Å². The first kappa shape index (κ1) is 18.0. The molecule has 6 heteroatoms. The molecule has 1 aromatic heterocycles. The lowest BCUT2D eigenvalue weighted by Gasteiger charge is -2.15. The van der Waals surface area contributed by atoms with Crippen molar-refractivity contribution >= 4 is 28.4 Å². The summed E-state index contributed by atoms with van der Waals surface area (Å²) in [5.41, 5.74) is 1.11. The normalized spacial score (nSPS) is 15.1. The summed E-state index contributed by atoms with van der Waals surface area (Å²) in [5, 5.41) is 14.9. The van der Waals surface area contributed by atoms with Crippen molar-refractivity contribution in [3.05, 3.63) is 53.9 Å². The van der Waals surface area contributed by atoms with Crippen LogP contribution in [-0.4, -0.2) is 26.4 Å². The maximum atomic E-state index is 12.4. The van der Waals surface area contributed by atoms with E-state index in [1.807, 2.05) is 19.1 Å². The van der Waals surface area contributed by atoms with Crippen molar-refractivity contribution in [3.63, 3.8) is 0 Å². The third-order valence-corrected chi connectivity index (χ3v) is 6.03. The summed E-state index contributed by atoms with van der Waals surface area (Å²) in [4.78, 5) is 12.4. The van der Waals surface area contributed by atoms with Crippen LogP contribution in [0.4, 0.5) is 0 Å². The van der Waals surface area contributed by atoms with Crippen molar-refractivity contribution < 1.29 is 4.79 Å². The van der Waals surface area contributed by atoms with E-state index in [4.69, 9.17) is 0 Å². The molecule has 1 amide bonds. The molecular formula is C21H24N4OS. The Kier molecular flexibility index (Phi) is 5.43. The quantitative estimate of drug-likeness (QED) is 0.676. The molecular weight excluding hydrogens is 356 g/mol. The molecule has 4 rings (SSSR count). The van der Waals surface area contributed by atoms with Crippen molar-refractivity contribution in [3.8, 4) is 0 Å². The Bertz CT molecular complexity index is 952. The molecule has 0 spiro atoms. The van der Waals surface area contributed by atoms with Crippen LogP contribution in [0.25, 0.3) is 10.8 Å². The zero-order valence-electron chi connectivity index (χ0n) is 15.5. The monoisotopic (exact) mass is 380 g/mol. The second kappa shape index (κ2) is 8.13. The lowest BCUT2D eigenvalue weighted by Crippen LogP contribution is -2.28. The highest BCUT2D eigenvalue weighted by atomic mass is 32.2. The van der Waals surface area contributed by atoms with Gasteiger partial charge in [-0.3, -0.25) is 4.79 Å². The summed E-state index contributed by atoms with van der Waals surface area (Å²) >= 11 is 1.48. The van der Waals surface area contributed by atoms with Crippen LogP contribution in [0.2, 0.25) is 0 Å². The number of carbonyl (C=O) groups is 1. The number of hydrogen-bond donors (Lipinski definition) is 1. The van der Waals surface area contributed by atoms with Crippen LogP contribution in [0.1, 0.15) is 43.6 Å². The average Bonchev–Trinajstić information content (AvgIpc) is 2.92. The molecule has 2 heterocycles. The van der Waals surface area contributed by atoms with Gasteiger partial charge in [-0.1, -0.05) is 54.6 Å². The Morgan fingerprint density at radius 1 is 1.15 bits per heavy atom. The number of rotatable bonds is 5. The van der Waals surface area contributed by atoms with Gasteiger partial charge in [-0.2, -0.15) is 0 Å². The first-order chi connectivity index (χ1) is 13.2. The van der Waals surface area contributed by atoms with Crippen LogP contribution in [0.3, 0.4) is 0 Å². The summed E-state index contributed by atoms with van der Waals surface area (Å²) in [6, 6.07) is 14.6. The number of thioether (sulfide) groups is 1. The summed E-state index contributed by atoms with van der Waals surface area (Å²) < 4.78 is 2.18. The lowest BCUT2D eigenvalue weighted by atomic mass is 10.0. The zero-order valence-corrected chi connectivity index (χ0v) is 16.3. The molecule has 27 heavy (non-hydrogen) atoms. The molecule has 0 radical (unpaired) electrons. The Morgan fingerprint density at radius 2 is 2.00 bits per heavy atom. The number of aromatic nitrogens is 3. The third-order valence-electron chi connectivity index (χ3n) is 5.06. The van der Waals surface area contributed by atoms with Crippen LogP contribution >= 0.6 is 11.8 Å². The fourth-order valence-electron chi connectivity index (χ4n) is 3.54. The molecule has 1 atom stereocenters. The molecule has 0 aliphatic carbocycles. The molecule has 0 saturated heterocycles. The van der Waals surface area contributed by atoms with Crippen LogP contribution in [0.15, 0.2) is 47.6 Å². The van der Waals surface area contributed by atoms with Crippen molar-refractivity contribution in [2.75, 3.05) is 5.75 Å². The van der Waals surface area contributed by atoms with Gasteiger partial charge in [0.15, 0.2) is 5.16 Å². The van der Waals surface area contributed by atoms with Gasteiger partial charge < -0.3 is 9.88 Å². The molecule has 3 aromatic rings. The van der Waals surface area contributed by atoms with E-state index < -0.39 is 0 Å². The van der Waals surface area contributed by atoms with Gasteiger partial charge in [0.05, 0.1) is 11.8 Å². The molecule has 1 aliphatic heterocycles. The lowest BCUT2D eigenvalue weighted by molar-refractivity contribution is -0.119. The van der Waals surface area contributed by atoms with Crippen molar-refractivity contribution in [2.45, 2.75) is 50.4 Å². The van der Waals surface area contributed by atoms with Gasteiger partial charge in [0.1, 0.15) is 5.82 Å². The number of hydrogen-bond acceptors (Lipinski definition) is 4. The van der Waals surface area contributed by atoms with Crippen molar-refractivity contribution in [2.24, 2.45) is 0 Å². The van der Waals surface area contributed by atoms with Gasteiger partial charge in [0.2, 0.25) is 5.91 Å². The summed E-state index contributed by atoms with van der Waals surface area (Å²) in [5.74, 6) is 1.43. The van der Waals surface area contributed by atoms with Gasteiger partial charge in [0, 0.05) is 13.0 Å². The first-order valence-electron chi connectivity index (χ1n) is 9.53. The molecule has 140 valence electrons. The van der Waals surface area contributed by atoms with E-state index >= 15 is 0 Å². The number of benzene rings is 2. The minimum atomic E-state index is -0.0294. The number of nitrogens with one attached hydrogen (secondary N) is 1. The van der Waals surface area contributed by atoms with E-state index in [9.17, 15) is 4.79 Å². The van der Waals surface area contributed by atoms with Gasteiger partial charge in [-0.15, -0.1) is 10.2 Å². The zero-order chi connectivity index (χ0) is 18.6. The number of nitrogens with zero attached hydrogens (tertiary/aromatic N) is 3. The standard InChI is InChI=1S/C21H24N4OS/c1-15(17-11-10-16-7-4-5-8-18(16)13-17)22-20(26)14-27-21-24-23-19-9-3-2-6-12-25(19)21/h4-5,7-8,10-11,13,15H,2-3,6,9,12,14H2,1H3,(H,22,26)/t15-/m0/s1. The van der Waals surface area contributed by atoms with Gasteiger partial charge in [0.25, 0.3) is 0 Å². The van der Waals surface area contributed by atoms with Gasteiger partial charge >= 0.3 is 0 Å². The Hall–Kier alpha value is -2.34. The van der Waals surface area contributed by atoms with Gasteiger partial charge in [-0.25, -0.2) is 0 Å². The molecule has 2 aromatic carbocycles. The topological polar surface area (TPSA) is 59.8 Å². The number of fused-ring (bicyclic) bond motifs is 2. The average molecular weight is 381 g/mol. The van der Waals surface area contributed by atoms with Crippen LogP contribution in [-0.2, 0) is 17.8 Å². The van der Waals surface area contributed by atoms with Crippen LogP contribution < -0.4 is 5.32 Å². The Balaban J connectivity index is 1.37. The molecule has 0 fully saturated rings. The molecule has 0 unspecified atom stereocenters. The van der Waals surface area contributed by atoms with E-state index in [1.165, 1.54) is 35.4 Å². The summed E-state index contributed by atoms with van der Waals surface area (Å²) in [6.45, 7) is 2.98. The first-order valence-corrected chi connectivity index (χ1v) is 10.5. The van der Waals surface area contributed by atoms with E-state index in [-0.39, 0.29) is 11.9 Å². The Labute approximate surface area is 163 Å². The highest BCUT2D eigenvalue weighted by Crippen LogP contribution is 2.23. The number of aryl methyl sites for hydroxylation is 1. The number of amides is 1. The van der Waals surface area contributed by atoms with E-state index in [0.717, 1.165) is 35.9 Å². The minimum Gasteiger partial charge on any atom is -0.349 e. The molecule has 1 N–H and O–H groups in total. The van der Waals surface area contributed by atoms with E-state index in [2.05, 4.69) is 50.4 Å². The minimum absolute atomic E-state index is 0.0200. The Morgan fingerprint density at radius 3 is 2.89 bits per heavy atom. The predicted molar refractivity (Wildman–Crippen MR) is 109 cm³/mol. The maximum absolute atomic E-state index is 12.4. The second-order valence-electron chi connectivity index (χ2n) is 7.05. The molecule has 1 aliphatic rings. The summed E-state index contributed by atoms with van der Waals surface area (Å²) in [7, 11) is 0. The second-order valence-corrected chi connectivity index (χ2v) is 7.99. The van der Waals surface area contributed by atoms with E-state index in [0.29, 0.717) is 5.75 Å². The third kappa shape index (κ3) is 4.16. The smallest absolute Gasteiger partial charge is 0.230 e. The van der Waals surface area contributed by atoms with Crippen molar-refractivity contribution in [1.82, 2.24) is 20.1 Å². The molecule has 0 bridgehead atoms. The fourth-order valence-corrected chi connectivity index (χ4v) is 4.33. The van der Waals surface area contributed by atoms with Crippen LogP contribution in [0.5, 0.6) is 0 Å². The highest BCUT2D eigenvalue weighted by Gasteiger charge is 2.17. The van der Waals surface area contributed by atoms with Crippen LogP contribution in [0, 0.1) is 0 Å². The van der Waals surface area contributed by atoms with Gasteiger partial charge in [-0.05, 0) is 42.2 Å². The molecule has 5 nitrogen and oxygen atoms in total. The maximum Gasteiger partial charge on any atom is 0.230 e. The largest absolute Gasteiger partial charge is 0.349 e.